The maximum absolute atomic E-state index is 11.6. The van der Waals surface area contributed by atoms with Crippen molar-refractivity contribution in [1.29, 1.82) is 0 Å². The van der Waals surface area contributed by atoms with Crippen LogP contribution in [0.5, 0.6) is 0 Å². The van der Waals surface area contributed by atoms with Crippen LogP contribution in [0.3, 0.4) is 0 Å². The lowest BCUT2D eigenvalue weighted by molar-refractivity contribution is -0.123. The van der Waals surface area contributed by atoms with Crippen molar-refractivity contribution in [2.45, 2.75) is 102 Å². The minimum Gasteiger partial charge on any atom is -0.388 e. The largest absolute Gasteiger partial charge is 0.388 e. The third kappa shape index (κ3) is 4.24. The SMILES string of the molecule is CC(C)(C)c1ccc([C@H]2OC3(CCOCC3)c3c2c(C2CCOCC2)nc2c3[C@@H](O)CC(C)(C)[C@H]2O)cc1. The van der Waals surface area contributed by atoms with Crippen molar-refractivity contribution in [1.82, 2.24) is 4.98 Å². The first kappa shape index (κ1) is 26.4. The van der Waals surface area contributed by atoms with Crippen LogP contribution < -0.4 is 0 Å². The van der Waals surface area contributed by atoms with E-state index in [9.17, 15) is 10.2 Å². The van der Waals surface area contributed by atoms with Crippen molar-refractivity contribution in [3.8, 4) is 0 Å². The molecule has 0 unspecified atom stereocenters. The summed E-state index contributed by atoms with van der Waals surface area (Å²) in [5.41, 5.74) is 6.12. The van der Waals surface area contributed by atoms with Crippen molar-refractivity contribution in [2.24, 2.45) is 5.41 Å². The predicted molar refractivity (Wildman–Crippen MR) is 145 cm³/mol. The van der Waals surface area contributed by atoms with Crippen LogP contribution in [0.15, 0.2) is 24.3 Å². The molecular formula is C32H43NO5. The van der Waals surface area contributed by atoms with Crippen LogP contribution in [-0.2, 0) is 25.2 Å². The molecule has 6 nitrogen and oxygen atoms in total. The van der Waals surface area contributed by atoms with Crippen molar-refractivity contribution >= 4 is 0 Å². The van der Waals surface area contributed by atoms with Gasteiger partial charge in [-0.1, -0.05) is 58.9 Å². The number of hydrogen-bond donors (Lipinski definition) is 2. The van der Waals surface area contributed by atoms with E-state index in [2.05, 4.69) is 45.0 Å². The number of rotatable bonds is 2. The fourth-order valence-electron chi connectivity index (χ4n) is 7.12. The van der Waals surface area contributed by atoms with Gasteiger partial charge in [-0.3, -0.25) is 4.98 Å². The van der Waals surface area contributed by atoms with Crippen LogP contribution in [-0.4, -0.2) is 41.6 Å². The quantitative estimate of drug-likeness (QED) is 0.513. The minimum absolute atomic E-state index is 0.0653. The molecule has 4 aliphatic rings. The lowest BCUT2D eigenvalue weighted by atomic mass is 9.68. The summed E-state index contributed by atoms with van der Waals surface area (Å²) in [6.45, 7) is 13.4. The molecule has 2 saturated heterocycles. The van der Waals surface area contributed by atoms with Crippen molar-refractivity contribution < 1.29 is 24.4 Å². The zero-order chi connectivity index (χ0) is 26.9. The highest BCUT2D eigenvalue weighted by molar-refractivity contribution is 5.55. The Morgan fingerprint density at radius 3 is 2.13 bits per heavy atom. The van der Waals surface area contributed by atoms with Gasteiger partial charge in [0.1, 0.15) is 12.2 Å². The maximum Gasteiger partial charge on any atom is 0.111 e. The number of aliphatic hydroxyl groups is 2. The van der Waals surface area contributed by atoms with Crippen LogP contribution >= 0.6 is 0 Å². The Morgan fingerprint density at radius 2 is 1.50 bits per heavy atom. The number of fused-ring (bicyclic) bond motifs is 4. The Labute approximate surface area is 226 Å². The van der Waals surface area contributed by atoms with E-state index in [1.807, 2.05) is 13.8 Å². The topological polar surface area (TPSA) is 81.0 Å². The highest BCUT2D eigenvalue weighted by Crippen LogP contribution is 2.59. The van der Waals surface area contributed by atoms with Gasteiger partial charge in [0.05, 0.1) is 23.1 Å². The van der Waals surface area contributed by atoms with E-state index < -0.39 is 23.2 Å². The summed E-state index contributed by atoms with van der Waals surface area (Å²) in [5, 5.41) is 23.2. The second kappa shape index (κ2) is 9.38. The zero-order valence-corrected chi connectivity index (χ0v) is 23.5. The molecule has 0 radical (unpaired) electrons. The van der Waals surface area contributed by atoms with Gasteiger partial charge in [-0.05, 0) is 46.8 Å². The molecule has 2 aromatic rings. The molecule has 38 heavy (non-hydrogen) atoms. The van der Waals surface area contributed by atoms with E-state index in [1.54, 1.807) is 0 Å². The molecule has 1 aliphatic carbocycles. The Hall–Kier alpha value is -1.83. The highest BCUT2D eigenvalue weighted by Gasteiger charge is 2.54. The zero-order valence-electron chi connectivity index (χ0n) is 23.5. The van der Waals surface area contributed by atoms with Gasteiger partial charge in [-0.15, -0.1) is 0 Å². The number of hydrogen-bond acceptors (Lipinski definition) is 6. The normalized spacial score (nSPS) is 28.8. The van der Waals surface area contributed by atoms with Gasteiger partial charge in [0, 0.05) is 56.3 Å². The first-order chi connectivity index (χ1) is 18.0. The molecule has 0 saturated carbocycles. The van der Waals surface area contributed by atoms with Gasteiger partial charge in [0.2, 0.25) is 0 Å². The standard InChI is InChI=1S/C32H43NO5/c1-30(2,3)21-8-6-20(7-9-21)28-24-25(32(38-28)12-16-37-17-13-32)23-22(34)18-31(4,5)29(35)27(23)33-26(24)19-10-14-36-15-11-19/h6-9,19,22,28-29,34-35H,10-18H2,1-5H3/t22-,28+,29-/m0/s1. The number of aromatic nitrogens is 1. The predicted octanol–water partition coefficient (Wildman–Crippen LogP) is 5.90. The van der Waals surface area contributed by atoms with Gasteiger partial charge < -0.3 is 24.4 Å². The molecule has 206 valence electrons. The first-order valence-electron chi connectivity index (χ1n) is 14.4. The molecule has 1 aromatic heterocycles. The third-order valence-corrected chi connectivity index (χ3v) is 9.43. The molecule has 4 heterocycles. The average molecular weight is 522 g/mol. The van der Waals surface area contributed by atoms with Crippen LogP contribution in [0.2, 0.25) is 0 Å². The molecule has 1 spiro atoms. The molecular weight excluding hydrogens is 478 g/mol. The van der Waals surface area contributed by atoms with Gasteiger partial charge in [0.15, 0.2) is 0 Å². The van der Waals surface area contributed by atoms with Crippen molar-refractivity contribution in [3.63, 3.8) is 0 Å². The molecule has 2 N–H and O–H groups in total. The van der Waals surface area contributed by atoms with E-state index in [4.69, 9.17) is 19.2 Å². The van der Waals surface area contributed by atoms with Gasteiger partial charge in [-0.2, -0.15) is 0 Å². The van der Waals surface area contributed by atoms with E-state index in [0.717, 1.165) is 53.6 Å². The highest BCUT2D eigenvalue weighted by atomic mass is 16.5. The summed E-state index contributed by atoms with van der Waals surface area (Å²) in [6.07, 6.45) is 2.03. The summed E-state index contributed by atoms with van der Waals surface area (Å²) in [5.74, 6) is 0.229. The Morgan fingerprint density at radius 1 is 0.868 bits per heavy atom. The number of aliphatic hydroxyl groups excluding tert-OH is 2. The minimum atomic E-state index is -0.744. The summed E-state index contributed by atoms with van der Waals surface area (Å²) in [6, 6.07) is 8.84. The van der Waals surface area contributed by atoms with E-state index >= 15 is 0 Å². The van der Waals surface area contributed by atoms with Crippen LogP contribution in [0.4, 0.5) is 0 Å². The Balaban J connectivity index is 1.60. The molecule has 0 amide bonds. The fourth-order valence-corrected chi connectivity index (χ4v) is 7.12. The van der Waals surface area contributed by atoms with E-state index in [-0.39, 0.29) is 17.4 Å². The Kier molecular flexibility index (Phi) is 6.51. The lowest BCUT2D eigenvalue weighted by Gasteiger charge is -2.42. The number of nitrogens with zero attached hydrogens (tertiary/aromatic N) is 1. The van der Waals surface area contributed by atoms with Crippen LogP contribution in [0, 0.1) is 5.41 Å². The van der Waals surface area contributed by atoms with Gasteiger partial charge in [0.25, 0.3) is 0 Å². The molecule has 6 rings (SSSR count). The van der Waals surface area contributed by atoms with Crippen molar-refractivity contribution in [3.05, 3.63) is 63.5 Å². The van der Waals surface area contributed by atoms with Gasteiger partial charge >= 0.3 is 0 Å². The molecule has 3 aliphatic heterocycles. The summed E-state index contributed by atoms with van der Waals surface area (Å²) in [7, 11) is 0. The van der Waals surface area contributed by atoms with E-state index in [1.165, 1.54) is 5.56 Å². The molecule has 0 bridgehead atoms. The molecule has 1 aromatic carbocycles. The maximum atomic E-state index is 11.6. The summed E-state index contributed by atoms with van der Waals surface area (Å²) in [4.78, 5) is 5.27. The monoisotopic (exact) mass is 521 g/mol. The third-order valence-electron chi connectivity index (χ3n) is 9.43. The molecule has 6 heteroatoms. The fraction of sp³-hybridized carbons (Fsp3) is 0.656. The van der Waals surface area contributed by atoms with Crippen LogP contribution in [0.25, 0.3) is 0 Å². The molecule has 3 atom stereocenters. The Bertz CT molecular complexity index is 1190. The molecule has 2 fully saturated rings. The first-order valence-corrected chi connectivity index (χ1v) is 14.4. The summed E-state index contributed by atoms with van der Waals surface area (Å²) < 4.78 is 18.7. The smallest absolute Gasteiger partial charge is 0.111 e. The second-order valence-electron chi connectivity index (χ2n) is 13.6. The number of ether oxygens (including phenoxy) is 3. The van der Waals surface area contributed by atoms with Gasteiger partial charge in [-0.25, -0.2) is 0 Å². The summed E-state index contributed by atoms with van der Waals surface area (Å²) >= 11 is 0. The average Bonchev–Trinajstić information content (AvgIpc) is 3.21. The van der Waals surface area contributed by atoms with Crippen molar-refractivity contribution in [2.75, 3.05) is 26.4 Å². The number of benzene rings is 1. The van der Waals surface area contributed by atoms with Crippen LogP contribution in [0.1, 0.15) is 130 Å². The lowest BCUT2D eigenvalue weighted by Crippen LogP contribution is -2.38. The van der Waals surface area contributed by atoms with E-state index in [0.29, 0.717) is 38.5 Å². The number of pyridine rings is 1. The second-order valence-corrected chi connectivity index (χ2v) is 13.6.